The molecule has 1 aliphatic rings. The summed E-state index contributed by atoms with van der Waals surface area (Å²) in [5, 5.41) is 4.87. The van der Waals surface area contributed by atoms with Crippen LogP contribution in [0.5, 0.6) is 0 Å². The molecule has 2 aromatic heterocycles. The van der Waals surface area contributed by atoms with Gasteiger partial charge in [-0.3, -0.25) is 0 Å². The monoisotopic (exact) mass is 280 g/mol. The van der Waals surface area contributed by atoms with Gasteiger partial charge in [0.15, 0.2) is 0 Å². The van der Waals surface area contributed by atoms with E-state index in [9.17, 15) is 0 Å². The standard InChI is InChI=1S/C17H20N4/c1-20-9-7-18-17(20)12-21-8-6-14-3-2-13(10-16(14)21)11-19-15-4-5-15/h2-3,6-10,15,19H,4-5,11-12H2,1H3. The van der Waals surface area contributed by atoms with Crippen molar-refractivity contribution in [1.29, 1.82) is 0 Å². The lowest BCUT2D eigenvalue weighted by Gasteiger charge is -2.08. The van der Waals surface area contributed by atoms with Crippen LogP contribution in [-0.2, 0) is 20.1 Å². The van der Waals surface area contributed by atoms with Crippen LogP contribution in [0.15, 0.2) is 42.9 Å². The number of aryl methyl sites for hydroxylation is 1. The zero-order valence-electron chi connectivity index (χ0n) is 12.3. The zero-order chi connectivity index (χ0) is 14.2. The first-order chi connectivity index (χ1) is 10.3. The van der Waals surface area contributed by atoms with Gasteiger partial charge in [-0.15, -0.1) is 0 Å². The molecule has 0 spiro atoms. The third kappa shape index (κ3) is 2.59. The van der Waals surface area contributed by atoms with Crippen molar-refractivity contribution in [1.82, 2.24) is 19.4 Å². The molecule has 1 aliphatic carbocycles. The van der Waals surface area contributed by atoms with E-state index in [4.69, 9.17) is 0 Å². The molecule has 0 atom stereocenters. The molecule has 1 N–H and O–H groups in total. The van der Waals surface area contributed by atoms with Gasteiger partial charge in [-0.05, 0) is 35.9 Å². The number of imidazole rings is 1. The maximum absolute atomic E-state index is 4.42. The molecule has 4 heteroatoms. The molecule has 0 radical (unpaired) electrons. The Kier molecular flexibility index (Phi) is 3.04. The number of hydrogen-bond donors (Lipinski definition) is 1. The number of hydrogen-bond acceptors (Lipinski definition) is 2. The topological polar surface area (TPSA) is 34.8 Å². The molecule has 4 nitrogen and oxygen atoms in total. The van der Waals surface area contributed by atoms with Crippen molar-refractivity contribution in [2.24, 2.45) is 7.05 Å². The number of rotatable bonds is 5. The lowest BCUT2D eigenvalue weighted by Crippen LogP contribution is -2.15. The highest BCUT2D eigenvalue weighted by molar-refractivity contribution is 5.80. The molecule has 1 fully saturated rings. The van der Waals surface area contributed by atoms with E-state index in [0.29, 0.717) is 0 Å². The first kappa shape index (κ1) is 12.7. The fraction of sp³-hybridized carbons (Fsp3) is 0.353. The lowest BCUT2D eigenvalue weighted by atomic mass is 10.1. The molecule has 1 saturated carbocycles. The smallest absolute Gasteiger partial charge is 0.128 e. The second-order valence-corrected chi connectivity index (χ2v) is 5.95. The van der Waals surface area contributed by atoms with Gasteiger partial charge in [0.1, 0.15) is 5.82 Å². The van der Waals surface area contributed by atoms with Gasteiger partial charge in [0.25, 0.3) is 0 Å². The van der Waals surface area contributed by atoms with E-state index in [1.54, 1.807) is 0 Å². The van der Waals surface area contributed by atoms with Crippen molar-refractivity contribution >= 4 is 10.9 Å². The largest absolute Gasteiger partial charge is 0.340 e. The highest BCUT2D eigenvalue weighted by atomic mass is 15.1. The Morgan fingerprint density at radius 2 is 2.14 bits per heavy atom. The van der Waals surface area contributed by atoms with Crippen LogP contribution in [0.1, 0.15) is 24.2 Å². The van der Waals surface area contributed by atoms with Crippen LogP contribution in [0.4, 0.5) is 0 Å². The van der Waals surface area contributed by atoms with Crippen molar-refractivity contribution in [3.05, 3.63) is 54.2 Å². The lowest BCUT2D eigenvalue weighted by molar-refractivity contribution is 0.687. The van der Waals surface area contributed by atoms with Crippen molar-refractivity contribution in [2.45, 2.75) is 32.0 Å². The summed E-state index contributed by atoms with van der Waals surface area (Å²) < 4.78 is 4.35. The maximum Gasteiger partial charge on any atom is 0.128 e. The van der Waals surface area contributed by atoms with Crippen LogP contribution >= 0.6 is 0 Å². The Morgan fingerprint density at radius 3 is 2.90 bits per heavy atom. The van der Waals surface area contributed by atoms with E-state index in [1.165, 1.54) is 29.3 Å². The molecule has 4 rings (SSSR count). The fourth-order valence-electron chi connectivity index (χ4n) is 2.73. The summed E-state index contributed by atoms with van der Waals surface area (Å²) in [6, 6.07) is 9.67. The molecule has 0 unspecified atom stereocenters. The Hall–Kier alpha value is -2.07. The van der Waals surface area contributed by atoms with E-state index in [0.717, 1.165) is 25.0 Å². The van der Waals surface area contributed by atoms with Crippen LogP contribution in [0, 0.1) is 0 Å². The average molecular weight is 280 g/mol. The third-order valence-electron chi connectivity index (χ3n) is 4.24. The van der Waals surface area contributed by atoms with E-state index in [1.807, 2.05) is 19.4 Å². The predicted octanol–water partition coefficient (Wildman–Crippen LogP) is 2.68. The second-order valence-electron chi connectivity index (χ2n) is 5.95. The van der Waals surface area contributed by atoms with Crippen LogP contribution in [-0.4, -0.2) is 20.2 Å². The Bertz CT molecular complexity index is 764. The van der Waals surface area contributed by atoms with Gasteiger partial charge in [0.2, 0.25) is 0 Å². The second kappa shape index (κ2) is 5.04. The minimum atomic E-state index is 0.750. The van der Waals surface area contributed by atoms with Crippen LogP contribution in [0.25, 0.3) is 10.9 Å². The SMILES string of the molecule is Cn1ccnc1Cn1ccc2ccc(CNC3CC3)cc21. The highest BCUT2D eigenvalue weighted by Gasteiger charge is 2.19. The first-order valence-electron chi connectivity index (χ1n) is 7.57. The number of benzene rings is 1. The molecule has 21 heavy (non-hydrogen) atoms. The van der Waals surface area contributed by atoms with E-state index in [-0.39, 0.29) is 0 Å². The molecule has 2 heterocycles. The Labute approximate surface area is 124 Å². The number of aromatic nitrogens is 3. The molecule has 0 saturated heterocycles. The normalized spacial score (nSPS) is 14.9. The van der Waals surface area contributed by atoms with Crippen LogP contribution in [0.3, 0.4) is 0 Å². The summed E-state index contributed by atoms with van der Waals surface area (Å²) in [7, 11) is 2.04. The van der Waals surface area contributed by atoms with Gasteiger partial charge >= 0.3 is 0 Å². The predicted molar refractivity (Wildman–Crippen MR) is 84.1 cm³/mol. The number of nitrogens with zero attached hydrogens (tertiary/aromatic N) is 3. The van der Waals surface area contributed by atoms with Crippen LogP contribution < -0.4 is 5.32 Å². The summed E-state index contributed by atoms with van der Waals surface area (Å²) in [4.78, 5) is 4.42. The van der Waals surface area contributed by atoms with E-state index in [2.05, 4.69) is 49.9 Å². The first-order valence-corrected chi connectivity index (χ1v) is 7.57. The van der Waals surface area contributed by atoms with Gasteiger partial charge < -0.3 is 14.5 Å². The third-order valence-corrected chi connectivity index (χ3v) is 4.24. The quantitative estimate of drug-likeness (QED) is 0.780. The minimum absolute atomic E-state index is 0.750. The number of nitrogens with one attached hydrogen (secondary N) is 1. The zero-order valence-corrected chi connectivity index (χ0v) is 12.3. The van der Waals surface area contributed by atoms with E-state index >= 15 is 0 Å². The summed E-state index contributed by atoms with van der Waals surface area (Å²) >= 11 is 0. The van der Waals surface area contributed by atoms with Gasteiger partial charge in [-0.25, -0.2) is 4.98 Å². The molecule has 3 aromatic rings. The van der Waals surface area contributed by atoms with Crippen molar-refractivity contribution in [3.8, 4) is 0 Å². The fourth-order valence-corrected chi connectivity index (χ4v) is 2.73. The van der Waals surface area contributed by atoms with Gasteiger partial charge in [-0.1, -0.05) is 12.1 Å². The molecule has 0 aliphatic heterocycles. The minimum Gasteiger partial charge on any atom is -0.340 e. The van der Waals surface area contributed by atoms with Gasteiger partial charge in [-0.2, -0.15) is 0 Å². The van der Waals surface area contributed by atoms with Crippen molar-refractivity contribution in [2.75, 3.05) is 0 Å². The van der Waals surface area contributed by atoms with Crippen molar-refractivity contribution < 1.29 is 0 Å². The summed E-state index contributed by atoms with van der Waals surface area (Å²) in [6.45, 7) is 1.78. The summed E-state index contributed by atoms with van der Waals surface area (Å²) in [6.07, 6.45) is 8.66. The molecule has 0 amide bonds. The average Bonchev–Trinajstić information content (AvgIpc) is 3.13. The Balaban J connectivity index is 1.61. The molecule has 0 bridgehead atoms. The summed E-state index contributed by atoms with van der Waals surface area (Å²) in [5.74, 6) is 1.08. The van der Waals surface area contributed by atoms with Gasteiger partial charge in [0.05, 0.1) is 6.54 Å². The summed E-state index contributed by atoms with van der Waals surface area (Å²) in [5.41, 5.74) is 2.64. The van der Waals surface area contributed by atoms with Crippen molar-refractivity contribution in [3.63, 3.8) is 0 Å². The van der Waals surface area contributed by atoms with E-state index < -0.39 is 0 Å². The molecule has 1 aromatic carbocycles. The van der Waals surface area contributed by atoms with Crippen LogP contribution in [0.2, 0.25) is 0 Å². The molecular weight excluding hydrogens is 260 g/mol. The number of fused-ring (bicyclic) bond motifs is 1. The molecular formula is C17H20N4. The molecule has 108 valence electrons. The highest BCUT2D eigenvalue weighted by Crippen LogP contribution is 2.21. The van der Waals surface area contributed by atoms with Gasteiger partial charge in [0, 0.05) is 43.7 Å². The maximum atomic E-state index is 4.42. The Morgan fingerprint density at radius 1 is 1.24 bits per heavy atom.